The normalized spacial score (nSPS) is 15.3. The summed E-state index contributed by atoms with van der Waals surface area (Å²) in [6.45, 7) is 2.90. The molecule has 2 heterocycles. The summed E-state index contributed by atoms with van der Waals surface area (Å²) in [6, 6.07) is 14.7. The van der Waals surface area contributed by atoms with Crippen LogP contribution in [0.1, 0.15) is 22.8 Å². The summed E-state index contributed by atoms with van der Waals surface area (Å²) >= 11 is 6.50. The van der Waals surface area contributed by atoms with Crippen LogP contribution in [0.2, 0.25) is 0 Å². The Bertz CT molecular complexity index is 1180. The molecule has 0 atom stereocenters. The Morgan fingerprint density at radius 1 is 1.20 bits per heavy atom. The summed E-state index contributed by atoms with van der Waals surface area (Å²) in [5, 5.41) is 2.18. The third-order valence-electron chi connectivity index (χ3n) is 4.81. The van der Waals surface area contributed by atoms with Crippen molar-refractivity contribution >= 4 is 57.1 Å². The van der Waals surface area contributed by atoms with E-state index < -0.39 is 5.91 Å². The number of hydrogen-bond acceptors (Lipinski definition) is 5. The number of methoxy groups -OCH3 is 1. The maximum absolute atomic E-state index is 12.9. The van der Waals surface area contributed by atoms with Gasteiger partial charge in [-0.05, 0) is 55.5 Å². The third-order valence-corrected chi connectivity index (χ3v) is 6.11. The first-order valence-electron chi connectivity index (χ1n) is 9.32. The first kappa shape index (κ1) is 20.2. The molecule has 152 valence electrons. The van der Waals surface area contributed by atoms with Crippen LogP contribution >= 0.6 is 24.0 Å². The minimum absolute atomic E-state index is 0.285. The molecule has 0 radical (unpaired) electrons. The van der Waals surface area contributed by atoms with Crippen LogP contribution < -0.4 is 10.2 Å². The highest BCUT2D eigenvalue weighted by Crippen LogP contribution is 2.33. The fourth-order valence-corrected chi connectivity index (χ4v) is 4.44. The van der Waals surface area contributed by atoms with E-state index in [-0.39, 0.29) is 10.2 Å². The smallest absolute Gasteiger partial charge is 0.285 e. The number of hydrazine groups is 1. The molecule has 0 aliphatic carbocycles. The SMILES string of the molecule is CCn1cc(/C=C2\SC(=S)N(NC(=O)c3ccc(OC)cc3)C2=O)c2ccccc21. The lowest BCUT2D eigenvalue weighted by molar-refractivity contribution is -0.123. The predicted molar refractivity (Wildman–Crippen MR) is 123 cm³/mol. The molecule has 30 heavy (non-hydrogen) atoms. The van der Waals surface area contributed by atoms with Crippen LogP contribution in [0, 0.1) is 0 Å². The molecule has 0 unspecified atom stereocenters. The first-order chi connectivity index (χ1) is 14.5. The van der Waals surface area contributed by atoms with Crippen molar-refractivity contribution < 1.29 is 14.3 Å². The average molecular weight is 438 g/mol. The summed E-state index contributed by atoms with van der Waals surface area (Å²) in [5.74, 6) is -0.121. The van der Waals surface area contributed by atoms with Crippen LogP contribution in [0.25, 0.3) is 17.0 Å². The van der Waals surface area contributed by atoms with E-state index in [1.165, 1.54) is 11.8 Å². The summed E-state index contributed by atoms with van der Waals surface area (Å²) in [7, 11) is 1.55. The van der Waals surface area contributed by atoms with Crippen molar-refractivity contribution in [2.75, 3.05) is 7.11 Å². The van der Waals surface area contributed by atoms with Gasteiger partial charge >= 0.3 is 0 Å². The zero-order chi connectivity index (χ0) is 21.3. The van der Waals surface area contributed by atoms with Gasteiger partial charge in [-0.3, -0.25) is 15.0 Å². The van der Waals surface area contributed by atoms with E-state index in [0.717, 1.165) is 28.0 Å². The maximum Gasteiger partial charge on any atom is 0.285 e. The molecule has 8 heteroatoms. The Kier molecular flexibility index (Phi) is 5.61. The largest absolute Gasteiger partial charge is 0.497 e. The Balaban J connectivity index is 1.57. The number of thioether (sulfide) groups is 1. The monoisotopic (exact) mass is 437 g/mol. The van der Waals surface area contributed by atoms with Crippen LogP contribution in [-0.4, -0.2) is 32.8 Å². The molecule has 1 saturated heterocycles. The van der Waals surface area contributed by atoms with Crippen LogP contribution in [0.3, 0.4) is 0 Å². The van der Waals surface area contributed by atoms with Crippen molar-refractivity contribution in [1.82, 2.24) is 15.0 Å². The standard InChI is InChI=1S/C22H19N3O3S2/c1-3-24-13-15(17-6-4-5-7-18(17)24)12-19-21(27)25(22(29)30-19)23-20(26)14-8-10-16(28-2)11-9-14/h4-13H,3H2,1-2H3,(H,23,26)/b19-12-. The number of nitrogens with one attached hydrogen (secondary N) is 1. The highest BCUT2D eigenvalue weighted by Gasteiger charge is 2.34. The molecule has 0 bridgehead atoms. The molecule has 3 aromatic rings. The van der Waals surface area contributed by atoms with E-state index in [0.29, 0.717) is 16.2 Å². The minimum atomic E-state index is -0.419. The van der Waals surface area contributed by atoms with E-state index in [1.807, 2.05) is 30.5 Å². The van der Waals surface area contributed by atoms with E-state index >= 15 is 0 Å². The Hall–Kier alpha value is -3.10. The molecule has 0 saturated carbocycles. The number of carbonyl (C=O) groups excluding carboxylic acids is 2. The third kappa shape index (κ3) is 3.71. The number of nitrogens with zero attached hydrogens (tertiary/aromatic N) is 2. The van der Waals surface area contributed by atoms with Gasteiger partial charge in [-0.15, -0.1) is 0 Å². The van der Waals surface area contributed by atoms with Crippen molar-refractivity contribution in [3.05, 3.63) is 70.8 Å². The molecule has 1 aromatic heterocycles. The molecule has 4 rings (SSSR count). The van der Waals surface area contributed by atoms with E-state index in [1.54, 1.807) is 31.4 Å². The summed E-state index contributed by atoms with van der Waals surface area (Å²) < 4.78 is 7.51. The minimum Gasteiger partial charge on any atom is -0.497 e. The Labute approximate surface area is 183 Å². The van der Waals surface area contributed by atoms with Gasteiger partial charge in [0.1, 0.15) is 5.75 Å². The number of thiocarbonyl (C=S) groups is 1. The number of hydrogen-bond donors (Lipinski definition) is 1. The number of ether oxygens (including phenoxy) is 1. The Morgan fingerprint density at radius 3 is 2.63 bits per heavy atom. The molecule has 6 nitrogen and oxygen atoms in total. The summed E-state index contributed by atoms with van der Waals surface area (Å²) in [4.78, 5) is 25.9. The quantitative estimate of drug-likeness (QED) is 0.478. The van der Waals surface area contributed by atoms with Gasteiger partial charge in [0.2, 0.25) is 0 Å². The maximum atomic E-state index is 12.9. The zero-order valence-electron chi connectivity index (χ0n) is 16.4. The number of fused-ring (bicyclic) bond motifs is 1. The second kappa shape index (κ2) is 8.33. The molecule has 1 aliphatic heterocycles. The number of benzene rings is 2. The van der Waals surface area contributed by atoms with Gasteiger partial charge in [-0.1, -0.05) is 30.0 Å². The number of amides is 2. The highest BCUT2D eigenvalue weighted by atomic mass is 32.2. The number of para-hydroxylation sites is 1. The van der Waals surface area contributed by atoms with Crippen LogP contribution in [0.5, 0.6) is 5.75 Å². The fraction of sp³-hybridized carbons (Fsp3) is 0.136. The first-order valence-corrected chi connectivity index (χ1v) is 10.5. The lowest BCUT2D eigenvalue weighted by Crippen LogP contribution is -2.44. The average Bonchev–Trinajstić information content (AvgIpc) is 3.26. The molecule has 1 aliphatic rings. The van der Waals surface area contributed by atoms with E-state index in [4.69, 9.17) is 17.0 Å². The molecular formula is C22H19N3O3S2. The zero-order valence-corrected chi connectivity index (χ0v) is 18.0. The van der Waals surface area contributed by atoms with Gasteiger partial charge in [0.05, 0.1) is 12.0 Å². The van der Waals surface area contributed by atoms with Gasteiger partial charge in [-0.25, -0.2) is 0 Å². The number of rotatable bonds is 5. The molecule has 2 amide bonds. The van der Waals surface area contributed by atoms with Gasteiger partial charge < -0.3 is 9.30 Å². The second-order valence-corrected chi connectivity index (χ2v) is 8.25. The van der Waals surface area contributed by atoms with Gasteiger partial charge in [0.15, 0.2) is 4.32 Å². The van der Waals surface area contributed by atoms with Crippen molar-refractivity contribution in [2.24, 2.45) is 0 Å². The van der Waals surface area contributed by atoms with E-state index in [2.05, 4.69) is 23.0 Å². The van der Waals surface area contributed by atoms with Crippen LogP contribution in [0.15, 0.2) is 59.6 Å². The van der Waals surface area contributed by atoms with Gasteiger partial charge in [-0.2, -0.15) is 5.01 Å². The lowest BCUT2D eigenvalue weighted by atomic mass is 10.1. The van der Waals surface area contributed by atoms with Gasteiger partial charge in [0, 0.05) is 34.8 Å². The number of aryl methyl sites for hydroxylation is 1. The number of carbonyl (C=O) groups is 2. The van der Waals surface area contributed by atoms with Crippen molar-refractivity contribution in [2.45, 2.75) is 13.5 Å². The van der Waals surface area contributed by atoms with E-state index in [9.17, 15) is 9.59 Å². The fourth-order valence-electron chi connectivity index (χ4n) is 3.27. The molecule has 1 fully saturated rings. The topological polar surface area (TPSA) is 63.6 Å². The second-order valence-electron chi connectivity index (χ2n) is 6.57. The van der Waals surface area contributed by atoms with Crippen molar-refractivity contribution in [3.63, 3.8) is 0 Å². The highest BCUT2D eigenvalue weighted by molar-refractivity contribution is 8.26. The molecular weight excluding hydrogens is 418 g/mol. The molecule has 2 aromatic carbocycles. The molecule has 0 spiro atoms. The lowest BCUT2D eigenvalue weighted by Gasteiger charge is -2.15. The Morgan fingerprint density at radius 2 is 1.93 bits per heavy atom. The number of aromatic nitrogens is 1. The van der Waals surface area contributed by atoms with Crippen LogP contribution in [0.4, 0.5) is 0 Å². The summed E-state index contributed by atoms with van der Waals surface area (Å²) in [6.07, 6.45) is 3.85. The van der Waals surface area contributed by atoms with Crippen molar-refractivity contribution in [1.29, 1.82) is 0 Å². The van der Waals surface area contributed by atoms with Crippen molar-refractivity contribution in [3.8, 4) is 5.75 Å². The summed E-state index contributed by atoms with van der Waals surface area (Å²) in [5.41, 5.74) is 5.05. The predicted octanol–water partition coefficient (Wildman–Crippen LogP) is 4.22. The van der Waals surface area contributed by atoms with Gasteiger partial charge in [0.25, 0.3) is 11.8 Å². The van der Waals surface area contributed by atoms with Crippen LogP contribution in [-0.2, 0) is 11.3 Å². The molecule has 1 N–H and O–H groups in total.